The molecule has 3 aromatic rings. The number of benzene rings is 1. The molecule has 0 unspecified atom stereocenters. The number of pyridine rings is 1. The van der Waals surface area contributed by atoms with Crippen LogP contribution >= 0.6 is 11.6 Å². The number of carbonyl (C=O) groups is 1. The van der Waals surface area contributed by atoms with E-state index < -0.39 is 0 Å². The molecule has 9 nitrogen and oxygen atoms in total. The molecule has 29 heavy (non-hydrogen) atoms. The molecule has 1 amide bonds. The van der Waals surface area contributed by atoms with Crippen LogP contribution in [0.25, 0.3) is 5.69 Å². The maximum Gasteiger partial charge on any atom is 0.260 e. The molecule has 2 aromatic heterocycles. The molecule has 0 radical (unpaired) electrons. The van der Waals surface area contributed by atoms with Crippen LogP contribution in [-0.4, -0.2) is 51.3 Å². The summed E-state index contributed by atoms with van der Waals surface area (Å²) >= 11 is 6.33. The molecule has 1 fully saturated rings. The van der Waals surface area contributed by atoms with Gasteiger partial charge >= 0.3 is 0 Å². The van der Waals surface area contributed by atoms with Crippen molar-refractivity contribution in [2.24, 2.45) is 0 Å². The van der Waals surface area contributed by atoms with E-state index in [0.717, 1.165) is 18.8 Å². The number of hydrogen-bond acceptors (Lipinski definition) is 7. The lowest BCUT2D eigenvalue weighted by Gasteiger charge is -2.28. The van der Waals surface area contributed by atoms with Crippen LogP contribution in [0, 0.1) is 0 Å². The van der Waals surface area contributed by atoms with E-state index in [1.807, 2.05) is 6.07 Å². The number of halogens is 1. The van der Waals surface area contributed by atoms with Crippen LogP contribution in [0.3, 0.4) is 0 Å². The summed E-state index contributed by atoms with van der Waals surface area (Å²) in [5, 5.41) is 14.1. The van der Waals surface area contributed by atoms with Gasteiger partial charge in [-0.05, 0) is 47.9 Å². The number of nitrogens with zero attached hydrogens (tertiary/aromatic N) is 6. The zero-order valence-corrected chi connectivity index (χ0v) is 16.6. The highest BCUT2D eigenvalue weighted by Crippen LogP contribution is 2.30. The summed E-state index contributed by atoms with van der Waals surface area (Å²) in [7, 11) is 1.48. The van der Waals surface area contributed by atoms with E-state index in [4.69, 9.17) is 16.3 Å². The Balaban J connectivity index is 1.52. The minimum Gasteiger partial charge on any atom is -0.496 e. The second-order valence-corrected chi connectivity index (χ2v) is 7.07. The summed E-state index contributed by atoms with van der Waals surface area (Å²) in [6.07, 6.45) is 6.86. The van der Waals surface area contributed by atoms with Crippen molar-refractivity contribution in [3.05, 3.63) is 47.4 Å². The van der Waals surface area contributed by atoms with Crippen molar-refractivity contribution in [3.8, 4) is 11.4 Å². The smallest absolute Gasteiger partial charge is 0.260 e. The van der Waals surface area contributed by atoms with Gasteiger partial charge in [-0.2, -0.15) is 4.68 Å². The number of amides is 1. The van der Waals surface area contributed by atoms with Crippen molar-refractivity contribution in [2.45, 2.75) is 19.3 Å². The van der Waals surface area contributed by atoms with E-state index in [-0.39, 0.29) is 11.5 Å². The van der Waals surface area contributed by atoms with Crippen molar-refractivity contribution in [1.82, 2.24) is 25.2 Å². The van der Waals surface area contributed by atoms with Gasteiger partial charge in [0, 0.05) is 19.2 Å². The van der Waals surface area contributed by atoms with Gasteiger partial charge < -0.3 is 15.0 Å². The van der Waals surface area contributed by atoms with Gasteiger partial charge in [0.05, 0.1) is 35.3 Å². The van der Waals surface area contributed by atoms with Gasteiger partial charge in [0.15, 0.2) is 0 Å². The van der Waals surface area contributed by atoms with Crippen molar-refractivity contribution >= 4 is 29.0 Å². The summed E-state index contributed by atoms with van der Waals surface area (Å²) in [5.74, 6) is 0.436. The maximum absolute atomic E-state index is 12.8. The van der Waals surface area contributed by atoms with Crippen LogP contribution in [0.4, 0.5) is 11.5 Å². The van der Waals surface area contributed by atoms with Crippen LogP contribution in [0.1, 0.15) is 29.6 Å². The normalized spacial score (nSPS) is 13.9. The average Bonchev–Trinajstić information content (AvgIpc) is 3.29. The lowest BCUT2D eigenvalue weighted by atomic mass is 10.1. The minimum atomic E-state index is -0.370. The quantitative estimate of drug-likeness (QED) is 0.686. The first-order chi connectivity index (χ1) is 14.2. The summed E-state index contributed by atoms with van der Waals surface area (Å²) in [5.41, 5.74) is 1.86. The molecule has 1 saturated heterocycles. The van der Waals surface area contributed by atoms with E-state index in [9.17, 15) is 4.79 Å². The number of ether oxygens (including phenoxy) is 1. The molecule has 0 saturated carbocycles. The summed E-state index contributed by atoms with van der Waals surface area (Å²) in [6.45, 7) is 2.08. The Bertz CT molecular complexity index is 987. The highest BCUT2D eigenvalue weighted by Gasteiger charge is 2.18. The standard InChI is InChI=1S/C19H20ClN7O2/c1-29-17-10-16(27-12-22-24-25-27)15(20)9-14(17)19(28)23-18-6-5-13(11-21-18)26-7-3-2-4-8-26/h5-6,9-12H,2-4,7-8H2,1H3,(H,21,23,28). The number of piperidine rings is 1. The lowest BCUT2D eigenvalue weighted by Crippen LogP contribution is -2.29. The largest absolute Gasteiger partial charge is 0.496 e. The molecule has 10 heteroatoms. The second kappa shape index (κ2) is 8.44. The Morgan fingerprint density at radius 1 is 1.21 bits per heavy atom. The van der Waals surface area contributed by atoms with Crippen molar-refractivity contribution in [2.75, 3.05) is 30.4 Å². The predicted octanol–water partition coefficient (Wildman–Crippen LogP) is 2.96. The van der Waals surface area contributed by atoms with E-state index in [1.54, 1.807) is 18.3 Å². The third-order valence-electron chi connectivity index (χ3n) is 4.82. The number of aromatic nitrogens is 5. The Morgan fingerprint density at radius 3 is 2.69 bits per heavy atom. The van der Waals surface area contributed by atoms with Crippen molar-refractivity contribution in [1.29, 1.82) is 0 Å². The average molecular weight is 414 g/mol. The summed E-state index contributed by atoms with van der Waals surface area (Å²) in [4.78, 5) is 19.5. The maximum atomic E-state index is 12.8. The molecule has 1 aromatic carbocycles. The Morgan fingerprint density at radius 2 is 2.03 bits per heavy atom. The fourth-order valence-electron chi connectivity index (χ4n) is 3.32. The van der Waals surface area contributed by atoms with Gasteiger partial charge in [-0.1, -0.05) is 11.6 Å². The van der Waals surface area contributed by atoms with Crippen LogP contribution in [0.2, 0.25) is 5.02 Å². The van der Waals surface area contributed by atoms with E-state index in [1.165, 1.54) is 43.4 Å². The second-order valence-electron chi connectivity index (χ2n) is 6.66. The number of methoxy groups -OCH3 is 1. The number of tetrazole rings is 1. The van der Waals surface area contributed by atoms with Gasteiger partial charge in [-0.15, -0.1) is 5.10 Å². The van der Waals surface area contributed by atoms with Crippen molar-refractivity contribution in [3.63, 3.8) is 0 Å². The molecule has 0 spiro atoms. The molecule has 1 aliphatic heterocycles. The molecule has 3 heterocycles. The van der Waals surface area contributed by atoms with Gasteiger partial charge in [0.25, 0.3) is 5.91 Å². The number of hydrogen-bond donors (Lipinski definition) is 1. The highest BCUT2D eigenvalue weighted by atomic mass is 35.5. The zero-order valence-electron chi connectivity index (χ0n) is 15.9. The Hall–Kier alpha value is -3.20. The van der Waals surface area contributed by atoms with Crippen LogP contribution in [0.15, 0.2) is 36.8 Å². The van der Waals surface area contributed by atoms with E-state index in [2.05, 4.69) is 30.7 Å². The van der Waals surface area contributed by atoms with Crippen molar-refractivity contribution < 1.29 is 9.53 Å². The number of carbonyl (C=O) groups excluding carboxylic acids is 1. The fourth-order valence-corrected chi connectivity index (χ4v) is 3.57. The Kier molecular flexibility index (Phi) is 5.57. The molecule has 1 N–H and O–H groups in total. The number of nitrogens with one attached hydrogen (secondary N) is 1. The molecular weight excluding hydrogens is 394 g/mol. The third-order valence-corrected chi connectivity index (χ3v) is 5.12. The fraction of sp³-hybridized carbons (Fsp3) is 0.316. The topological polar surface area (TPSA) is 98.1 Å². The molecule has 0 aliphatic carbocycles. The lowest BCUT2D eigenvalue weighted by molar-refractivity contribution is 0.102. The van der Waals surface area contributed by atoms with Gasteiger partial charge in [0.2, 0.25) is 0 Å². The summed E-state index contributed by atoms with van der Waals surface area (Å²) in [6, 6.07) is 6.90. The summed E-state index contributed by atoms with van der Waals surface area (Å²) < 4.78 is 6.76. The van der Waals surface area contributed by atoms with Gasteiger partial charge in [0.1, 0.15) is 17.9 Å². The first kappa shape index (κ1) is 19.1. The molecule has 1 aliphatic rings. The molecule has 150 valence electrons. The van der Waals surface area contributed by atoms with Crippen LogP contribution in [0.5, 0.6) is 5.75 Å². The minimum absolute atomic E-state index is 0.288. The first-order valence-electron chi connectivity index (χ1n) is 9.29. The zero-order chi connectivity index (χ0) is 20.2. The van der Waals surface area contributed by atoms with Gasteiger partial charge in [-0.3, -0.25) is 4.79 Å². The first-order valence-corrected chi connectivity index (χ1v) is 9.67. The number of anilines is 2. The number of rotatable bonds is 5. The molecule has 0 atom stereocenters. The Labute approximate surface area is 172 Å². The SMILES string of the molecule is COc1cc(-n2cnnn2)c(Cl)cc1C(=O)Nc1ccc(N2CCCCC2)cn1. The third kappa shape index (κ3) is 4.14. The van der Waals surface area contributed by atoms with Crippen LogP contribution < -0.4 is 15.0 Å². The monoisotopic (exact) mass is 413 g/mol. The molecule has 0 bridgehead atoms. The van der Waals surface area contributed by atoms with E-state index >= 15 is 0 Å². The van der Waals surface area contributed by atoms with E-state index in [0.29, 0.717) is 22.3 Å². The predicted molar refractivity (Wildman–Crippen MR) is 109 cm³/mol. The molecule has 4 rings (SSSR count). The highest BCUT2D eigenvalue weighted by molar-refractivity contribution is 6.33. The van der Waals surface area contributed by atoms with Gasteiger partial charge in [-0.25, -0.2) is 4.98 Å². The van der Waals surface area contributed by atoms with Crippen LogP contribution in [-0.2, 0) is 0 Å². The molecular formula is C19H20ClN7O2.